The maximum atomic E-state index is 13.9. The molecule has 5 atom stereocenters. The highest BCUT2D eigenvalue weighted by Crippen LogP contribution is 2.42. The van der Waals surface area contributed by atoms with Crippen LogP contribution in [0.2, 0.25) is 0 Å². The number of nitrogens with two attached hydrogens (primary N) is 1. The smallest absolute Gasteiger partial charge is 0.263 e. The maximum Gasteiger partial charge on any atom is 0.263 e. The Morgan fingerprint density at radius 3 is 2.52 bits per heavy atom. The number of hydrogen-bond donors (Lipinski definition) is 2. The van der Waals surface area contributed by atoms with Crippen LogP contribution in [0.4, 0.5) is 13.2 Å². The summed E-state index contributed by atoms with van der Waals surface area (Å²) in [7, 11) is 0. The van der Waals surface area contributed by atoms with Crippen molar-refractivity contribution in [3.05, 3.63) is 64.2 Å². The second kappa shape index (κ2) is 10.3. The molecule has 1 saturated heterocycles. The molecule has 5 unspecified atom stereocenters. The van der Waals surface area contributed by atoms with E-state index in [1.807, 2.05) is 26.1 Å². The van der Waals surface area contributed by atoms with Gasteiger partial charge >= 0.3 is 0 Å². The van der Waals surface area contributed by atoms with Gasteiger partial charge < -0.3 is 20.1 Å². The van der Waals surface area contributed by atoms with E-state index in [1.165, 1.54) is 0 Å². The first kappa shape index (κ1) is 25.4. The third-order valence-electron chi connectivity index (χ3n) is 6.92. The molecule has 1 aliphatic heterocycles. The molecule has 0 radical (unpaired) electrons. The van der Waals surface area contributed by atoms with Crippen molar-refractivity contribution in [2.24, 2.45) is 11.7 Å². The number of aliphatic hydroxyl groups is 1. The lowest BCUT2D eigenvalue weighted by atomic mass is 9.93. The Kier molecular flexibility index (Phi) is 7.96. The van der Waals surface area contributed by atoms with Gasteiger partial charge in [0.1, 0.15) is 18.1 Å². The molecule has 0 amide bonds. The number of hydrogen-bond acceptors (Lipinski definition) is 3. The summed E-state index contributed by atoms with van der Waals surface area (Å²) in [6.07, 6.45) is -0.642. The minimum absolute atomic E-state index is 0.0656. The number of benzene rings is 1. The highest BCUT2D eigenvalue weighted by atomic mass is 19.3. The molecule has 4 nitrogen and oxygen atoms in total. The molecule has 0 bridgehead atoms. The van der Waals surface area contributed by atoms with Gasteiger partial charge in [-0.15, -0.1) is 0 Å². The summed E-state index contributed by atoms with van der Waals surface area (Å²) in [5, 5.41) is 10.9. The van der Waals surface area contributed by atoms with E-state index < -0.39 is 30.0 Å². The molecular weight excluding hydrogens is 429 g/mol. The van der Waals surface area contributed by atoms with Crippen molar-refractivity contribution >= 4 is 5.70 Å². The van der Waals surface area contributed by atoms with Crippen LogP contribution in [0, 0.1) is 11.7 Å². The van der Waals surface area contributed by atoms with Gasteiger partial charge in [0.15, 0.2) is 0 Å². The highest BCUT2D eigenvalue weighted by molar-refractivity contribution is 5.68. The van der Waals surface area contributed by atoms with Crippen molar-refractivity contribution in [3.8, 4) is 0 Å². The molecular formula is C26H35F3N2O2. The number of aromatic nitrogens is 1. The summed E-state index contributed by atoms with van der Waals surface area (Å²) in [5.74, 6) is -0.631. The SMILES string of the molecule is CC/C(C)=C(\N)c1ccn(C2CC(C)C(C(O)c3cc(F)cc(C(F)F)c3)O2)c1C(C)CC. The van der Waals surface area contributed by atoms with Gasteiger partial charge in [0.25, 0.3) is 6.43 Å². The summed E-state index contributed by atoms with van der Waals surface area (Å²) in [6.45, 7) is 10.3. The molecule has 1 aromatic heterocycles. The van der Waals surface area contributed by atoms with Crippen molar-refractivity contribution in [1.29, 1.82) is 0 Å². The zero-order valence-corrected chi connectivity index (χ0v) is 20.0. The molecule has 2 heterocycles. The molecule has 0 aliphatic carbocycles. The molecule has 3 N–H and O–H groups in total. The monoisotopic (exact) mass is 464 g/mol. The van der Waals surface area contributed by atoms with E-state index >= 15 is 0 Å². The molecule has 3 rings (SSSR count). The molecule has 1 aromatic carbocycles. The Morgan fingerprint density at radius 2 is 1.91 bits per heavy atom. The number of nitrogens with zero attached hydrogens (tertiary/aromatic N) is 1. The summed E-state index contributed by atoms with van der Waals surface area (Å²) >= 11 is 0. The minimum atomic E-state index is -2.82. The second-order valence-corrected chi connectivity index (χ2v) is 9.21. The van der Waals surface area contributed by atoms with Gasteiger partial charge in [-0.05, 0) is 73.4 Å². The molecule has 0 spiro atoms. The maximum absolute atomic E-state index is 13.9. The Bertz CT molecular complexity index is 1000. The normalized spacial score (nSPS) is 23.6. The fourth-order valence-electron chi connectivity index (χ4n) is 4.58. The average Bonchev–Trinajstić information content (AvgIpc) is 3.40. The Morgan fingerprint density at radius 1 is 1.24 bits per heavy atom. The molecule has 1 fully saturated rings. The topological polar surface area (TPSA) is 60.4 Å². The predicted octanol–water partition coefficient (Wildman–Crippen LogP) is 6.84. The summed E-state index contributed by atoms with van der Waals surface area (Å²) in [6, 6.07) is 5.05. The number of rotatable bonds is 8. The van der Waals surface area contributed by atoms with Crippen LogP contribution in [0.15, 0.2) is 36.0 Å². The lowest BCUT2D eigenvalue weighted by Gasteiger charge is -2.25. The molecule has 0 saturated carbocycles. The van der Waals surface area contributed by atoms with Crippen LogP contribution in [0.1, 0.15) is 101 Å². The average molecular weight is 465 g/mol. The highest BCUT2D eigenvalue weighted by Gasteiger charge is 2.39. The minimum Gasteiger partial charge on any atom is -0.398 e. The standard InChI is InChI=1S/C26H35F3N2O2/c1-6-14(3)22(30)20-8-9-31(23(20)15(4)7-2)21-10-16(5)25(33-21)24(32)17-11-18(26(28)29)13-19(27)12-17/h8-9,11-13,15-16,21,24-26,32H,6-7,10,30H2,1-5H3/b22-14-. The lowest BCUT2D eigenvalue weighted by molar-refractivity contribution is -0.0697. The number of ether oxygens (including phenoxy) is 1. The van der Waals surface area contributed by atoms with Crippen LogP contribution < -0.4 is 5.73 Å². The number of alkyl halides is 2. The Hall–Kier alpha value is -2.25. The molecule has 33 heavy (non-hydrogen) atoms. The van der Waals surface area contributed by atoms with Crippen molar-refractivity contribution in [2.75, 3.05) is 0 Å². The fourth-order valence-corrected chi connectivity index (χ4v) is 4.58. The van der Waals surface area contributed by atoms with Gasteiger partial charge in [-0.25, -0.2) is 13.2 Å². The van der Waals surface area contributed by atoms with Crippen LogP contribution in [0.25, 0.3) is 5.70 Å². The Labute approximate surface area is 194 Å². The van der Waals surface area contributed by atoms with Crippen LogP contribution in [0.5, 0.6) is 0 Å². The van der Waals surface area contributed by atoms with Crippen LogP contribution >= 0.6 is 0 Å². The first-order valence-corrected chi connectivity index (χ1v) is 11.7. The van der Waals surface area contributed by atoms with E-state index in [9.17, 15) is 18.3 Å². The first-order valence-electron chi connectivity index (χ1n) is 11.7. The third kappa shape index (κ3) is 5.14. The Balaban J connectivity index is 1.93. The number of halogens is 3. The van der Waals surface area contributed by atoms with Crippen LogP contribution in [-0.2, 0) is 4.74 Å². The largest absolute Gasteiger partial charge is 0.398 e. The zero-order valence-electron chi connectivity index (χ0n) is 20.0. The van der Waals surface area contributed by atoms with Gasteiger partial charge in [-0.3, -0.25) is 0 Å². The second-order valence-electron chi connectivity index (χ2n) is 9.21. The zero-order chi connectivity index (χ0) is 24.4. The number of allylic oxidation sites excluding steroid dienone is 1. The summed E-state index contributed by atoms with van der Waals surface area (Å²) in [4.78, 5) is 0. The van der Waals surface area contributed by atoms with E-state index in [2.05, 4.69) is 25.3 Å². The molecule has 1 aliphatic rings. The van der Waals surface area contributed by atoms with Gasteiger partial charge in [0.2, 0.25) is 0 Å². The van der Waals surface area contributed by atoms with Crippen LogP contribution in [-0.4, -0.2) is 15.8 Å². The van der Waals surface area contributed by atoms with E-state index in [1.54, 1.807) is 0 Å². The molecule has 2 aromatic rings. The molecule has 182 valence electrons. The summed E-state index contributed by atoms with van der Waals surface area (Å²) < 4.78 is 48.6. The van der Waals surface area contributed by atoms with Crippen molar-refractivity contribution in [2.45, 2.75) is 84.7 Å². The van der Waals surface area contributed by atoms with E-state index in [-0.39, 0.29) is 23.6 Å². The van der Waals surface area contributed by atoms with Gasteiger partial charge in [-0.2, -0.15) is 0 Å². The quantitative estimate of drug-likeness (QED) is 0.450. The van der Waals surface area contributed by atoms with Crippen molar-refractivity contribution < 1.29 is 23.0 Å². The van der Waals surface area contributed by atoms with E-state index in [4.69, 9.17) is 10.5 Å². The van der Waals surface area contributed by atoms with Gasteiger partial charge in [0.05, 0.1) is 6.10 Å². The third-order valence-corrected chi connectivity index (χ3v) is 6.92. The van der Waals surface area contributed by atoms with Gasteiger partial charge in [0, 0.05) is 28.7 Å². The first-order chi connectivity index (χ1) is 15.6. The van der Waals surface area contributed by atoms with E-state index in [0.29, 0.717) is 6.42 Å². The van der Waals surface area contributed by atoms with Crippen LogP contribution in [0.3, 0.4) is 0 Å². The van der Waals surface area contributed by atoms with Gasteiger partial charge in [-0.1, -0.05) is 27.7 Å². The van der Waals surface area contributed by atoms with Crippen molar-refractivity contribution in [1.82, 2.24) is 4.57 Å². The summed E-state index contributed by atoms with van der Waals surface area (Å²) in [5.41, 5.74) is 10.1. The van der Waals surface area contributed by atoms with Crippen molar-refractivity contribution in [3.63, 3.8) is 0 Å². The fraction of sp³-hybridized carbons (Fsp3) is 0.538. The number of aliphatic hydroxyl groups excluding tert-OH is 1. The lowest BCUT2D eigenvalue weighted by Crippen LogP contribution is -2.24. The van der Waals surface area contributed by atoms with E-state index in [0.717, 1.165) is 53.6 Å². The molecule has 7 heteroatoms. The predicted molar refractivity (Wildman–Crippen MR) is 124 cm³/mol.